The van der Waals surface area contributed by atoms with Gasteiger partial charge in [0.05, 0.1) is 35.1 Å². The summed E-state index contributed by atoms with van der Waals surface area (Å²) in [6, 6.07) is 11.0. The fraction of sp³-hybridized carbons (Fsp3) is 0.200. The molecule has 1 heterocycles. The molecular weight excluding hydrogens is 369 g/mol. The normalized spacial score (nSPS) is 11.9. The molecule has 0 unspecified atom stereocenters. The van der Waals surface area contributed by atoms with Crippen molar-refractivity contribution < 1.29 is 13.9 Å². The summed E-state index contributed by atoms with van der Waals surface area (Å²) < 4.78 is 18.5. The molecule has 3 rings (SSSR count). The monoisotopic (exact) mass is 387 g/mol. The number of aromatic nitrogens is 2. The van der Waals surface area contributed by atoms with Gasteiger partial charge < -0.3 is 10.1 Å². The lowest BCUT2D eigenvalue weighted by molar-refractivity contribution is 0.0940. The Labute approximate surface area is 161 Å². The molecule has 1 aromatic heterocycles. The molecule has 0 bridgehead atoms. The molecule has 27 heavy (non-hydrogen) atoms. The minimum Gasteiger partial charge on any atom is -0.492 e. The molecule has 0 radical (unpaired) electrons. The first-order chi connectivity index (χ1) is 13.0. The van der Waals surface area contributed by atoms with Crippen LogP contribution < -0.4 is 10.1 Å². The van der Waals surface area contributed by atoms with Gasteiger partial charge in [0.25, 0.3) is 5.91 Å². The maximum Gasteiger partial charge on any atom is 0.255 e. The first kappa shape index (κ1) is 18.9. The third-order valence-electron chi connectivity index (χ3n) is 4.12. The summed E-state index contributed by atoms with van der Waals surface area (Å²) in [7, 11) is 0. The molecule has 0 saturated carbocycles. The second kappa shape index (κ2) is 8.22. The van der Waals surface area contributed by atoms with Crippen LogP contribution in [0.4, 0.5) is 4.39 Å². The summed E-state index contributed by atoms with van der Waals surface area (Å²) in [5, 5.41) is 10.2. The Balaban J connectivity index is 1.81. The maximum atomic E-state index is 13.1. The second-order valence-electron chi connectivity index (χ2n) is 5.98. The van der Waals surface area contributed by atoms with Gasteiger partial charge >= 0.3 is 0 Å². The average molecular weight is 388 g/mol. The summed E-state index contributed by atoms with van der Waals surface area (Å²) in [5.74, 6) is -0.0271. The Morgan fingerprint density at radius 1 is 1.30 bits per heavy atom. The van der Waals surface area contributed by atoms with Crippen molar-refractivity contribution in [1.29, 1.82) is 0 Å². The standard InChI is InChI=1S/C20H19ClFN3O2/c1-3-27-18-9-6-14(10-17(18)21)19-16(11-23-25-19)20(26)24-12(2)13-4-7-15(22)8-5-13/h4-12H,3H2,1-2H3,(H,23,25)(H,24,26)/t12-/m1/s1. The summed E-state index contributed by atoms with van der Waals surface area (Å²) in [6.45, 7) is 4.22. The molecule has 0 fully saturated rings. The number of benzene rings is 2. The molecule has 1 amide bonds. The van der Waals surface area contributed by atoms with Gasteiger partial charge in [-0.1, -0.05) is 23.7 Å². The van der Waals surface area contributed by atoms with Gasteiger partial charge in [0.1, 0.15) is 11.6 Å². The van der Waals surface area contributed by atoms with E-state index in [2.05, 4.69) is 15.5 Å². The lowest BCUT2D eigenvalue weighted by atomic mass is 10.1. The van der Waals surface area contributed by atoms with E-state index in [0.717, 1.165) is 11.1 Å². The molecule has 0 aliphatic rings. The first-order valence-electron chi connectivity index (χ1n) is 8.52. The smallest absolute Gasteiger partial charge is 0.255 e. The molecule has 140 valence electrons. The Hall–Kier alpha value is -2.86. The van der Waals surface area contributed by atoms with Crippen molar-refractivity contribution in [2.24, 2.45) is 0 Å². The number of carbonyl (C=O) groups excluding carboxylic acids is 1. The van der Waals surface area contributed by atoms with Crippen LogP contribution in [0.1, 0.15) is 35.8 Å². The molecule has 0 aliphatic carbocycles. The molecule has 2 aromatic carbocycles. The lowest BCUT2D eigenvalue weighted by Crippen LogP contribution is -2.26. The number of aromatic amines is 1. The highest BCUT2D eigenvalue weighted by molar-refractivity contribution is 6.32. The zero-order valence-corrected chi connectivity index (χ0v) is 15.7. The fourth-order valence-electron chi connectivity index (χ4n) is 2.72. The topological polar surface area (TPSA) is 67.0 Å². The quantitative estimate of drug-likeness (QED) is 0.640. The number of halogens is 2. The van der Waals surface area contributed by atoms with Crippen molar-refractivity contribution >= 4 is 17.5 Å². The van der Waals surface area contributed by atoms with Gasteiger partial charge in [0.15, 0.2) is 0 Å². The molecular formula is C20H19ClFN3O2. The minimum absolute atomic E-state index is 0.287. The van der Waals surface area contributed by atoms with E-state index >= 15 is 0 Å². The number of H-pyrrole nitrogens is 1. The van der Waals surface area contributed by atoms with E-state index in [0.29, 0.717) is 28.6 Å². The van der Waals surface area contributed by atoms with Gasteiger partial charge in [-0.15, -0.1) is 0 Å². The number of nitrogens with zero attached hydrogens (tertiary/aromatic N) is 1. The van der Waals surface area contributed by atoms with Crippen LogP contribution in [0.3, 0.4) is 0 Å². The highest BCUT2D eigenvalue weighted by atomic mass is 35.5. The van der Waals surface area contributed by atoms with Gasteiger partial charge in [-0.3, -0.25) is 9.89 Å². The van der Waals surface area contributed by atoms with Crippen molar-refractivity contribution in [2.45, 2.75) is 19.9 Å². The van der Waals surface area contributed by atoms with Crippen LogP contribution in [0, 0.1) is 5.82 Å². The van der Waals surface area contributed by atoms with Crippen LogP contribution in [-0.2, 0) is 0 Å². The Morgan fingerprint density at radius 2 is 2.04 bits per heavy atom. The molecule has 0 aliphatic heterocycles. The van der Waals surface area contributed by atoms with Crippen LogP contribution in [0.5, 0.6) is 5.75 Å². The van der Waals surface area contributed by atoms with Crippen molar-refractivity contribution in [1.82, 2.24) is 15.5 Å². The van der Waals surface area contributed by atoms with E-state index in [1.54, 1.807) is 24.3 Å². The van der Waals surface area contributed by atoms with Gasteiger partial charge in [0, 0.05) is 5.56 Å². The predicted molar refractivity (Wildman–Crippen MR) is 102 cm³/mol. The Morgan fingerprint density at radius 3 is 2.70 bits per heavy atom. The molecule has 0 saturated heterocycles. The average Bonchev–Trinajstić information content (AvgIpc) is 3.14. The number of amides is 1. The number of nitrogens with one attached hydrogen (secondary N) is 2. The predicted octanol–water partition coefficient (Wildman–Crippen LogP) is 4.76. The second-order valence-corrected chi connectivity index (χ2v) is 6.39. The highest BCUT2D eigenvalue weighted by Gasteiger charge is 2.18. The zero-order chi connectivity index (χ0) is 19.4. The summed E-state index contributed by atoms with van der Waals surface area (Å²) in [4.78, 5) is 12.7. The van der Waals surface area contributed by atoms with Crippen molar-refractivity contribution in [3.8, 4) is 17.0 Å². The number of carbonyl (C=O) groups is 1. The maximum absolute atomic E-state index is 13.1. The summed E-state index contributed by atoms with van der Waals surface area (Å²) >= 11 is 6.24. The van der Waals surface area contributed by atoms with E-state index < -0.39 is 0 Å². The lowest BCUT2D eigenvalue weighted by Gasteiger charge is -2.14. The number of ether oxygens (including phenoxy) is 1. The van der Waals surface area contributed by atoms with E-state index in [4.69, 9.17) is 16.3 Å². The van der Waals surface area contributed by atoms with Crippen molar-refractivity contribution in [3.63, 3.8) is 0 Å². The molecule has 3 aromatic rings. The first-order valence-corrected chi connectivity index (χ1v) is 8.89. The van der Waals surface area contributed by atoms with Gasteiger partial charge in [-0.25, -0.2) is 4.39 Å². The SMILES string of the molecule is CCOc1ccc(-c2[nH]ncc2C(=O)N[C@H](C)c2ccc(F)cc2)cc1Cl. The number of rotatable bonds is 6. The van der Waals surface area contributed by atoms with Crippen LogP contribution >= 0.6 is 11.6 Å². The van der Waals surface area contributed by atoms with E-state index in [9.17, 15) is 9.18 Å². The third-order valence-corrected chi connectivity index (χ3v) is 4.42. The van der Waals surface area contributed by atoms with E-state index in [1.165, 1.54) is 18.3 Å². The van der Waals surface area contributed by atoms with Crippen LogP contribution in [0.15, 0.2) is 48.7 Å². The van der Waals surface area contributed by atoms with Gasteiger partial charge in [-0.05, 0) is 49.7 Å². The largest absolute Gasteiger partial charge is 0.492 e. The molecule has 1 atom stereocenters. The molecule has 2 N–H and O–H groups in total. The Bertz CT molecular complexity index is 941. The van der Waals surface area contributed by atoms with Gasteiger partial charge in [0.2, 0.25) is 0 Å². The van der Waals surface area contributed by atoms with Crippen LogP contribution in [0.2, 0.25) is 5.02 Å². The van der Waals surface area contributed by atoms with E-state index in [1.807, 2.05) is 19.9 Å². The van der Waals surface area contributed by atoms with Gasteiger partial charge in [-0.2, -0.15) is 5.10 Å². The van der Waals surface area contributed by atoms with Crippen LogP contribution in [-0.4, -0.2) is 22.7 Å². The van der Waals surface area contributed by atoms with Crippen molar-refractivity contribution in [3.05, 3.63) is 70.6 Å². The molecule has 5 nitrogen and oxygen atoms in total. The van der Waals surface area contributed by atoms with Crippen LogP contribution in [0.25, 0.3) is 11.3 Å². The number of hydrogen-bond donors (Lipinski definition) is 2. The highest BCUT2D eigenvalue weighted by Crippen LogP contribution is 2.31. The summed E-state index contributed by atoms with van der Waals surface area (Å²) in [5.41, 5.74) is 2.48. The molecule has 0 spiro atoms. The van der Waals surface area contributed by atoms with Crippen molar-refractivity contribution in [2.75, 3.05) is 6.61 Å². The fourth-order valence-corrected chi connectivity index (χ4v) is 2.95. The molecule has 7 heteroatoms. The minimum atomic E-state index is -0.318. The summed E-state index contributed by atoms with van der Waals surface area (Å²) in [6.07, 6.45) is 1.46. The Kier molecular flexibility index (Phi) is 5.76. The van der Waals surface area contributed by atoms with E-state index in [-0.39, 0.29) is 17.8 Å². The number of hydrogen-bond acceptors (Lipinski definition) is 3. The zero-order valence-electron chi connectivity index (χ0n) is 14.9. The third kappa shape index (κ3) is 4.28.